The predicted molar refractivity (Wildman–Crippen MR) is 82.2 cm³/mol. The van der Waals surface area contributed by atoms with Crippen molar-refractivity contribution >= 4 is 43.5 Å². The average molecular weight is 385 g/mol. The maximum Gasteiger partial charge on any atom is 0.256 e. The van der Waals surface area contributed by atoms with Gasteiger partial charge in [-0.2, -0.15) is 0 Å². The molecule has 0 aliphatic carbocycles. The fraction of sp³-hybridized carbons (Fsp3) is 0.0714. The van der Waals surface area contributed by atoms with Crippen LogP contribution in [0.5, 0.6) is 0 Å². The van der Waals surface area contributed by atoms with E-state index >= 15 is 0 Å². The Kier molecular flexibility index (Phi) is 4.74. The van der Waals surface area contributed by atoms with E-state index in [-0.39, 0.29) is 12.5 Å². The molecule has 0 aliphatic heterocycles. The molecule has 0 bridgehead atoms. The van der Waals surface area contributed by atoms with E-state index in [4.69, 9.17) is 0 Å². The number of nitrogens with one attached hydrogen (secondary N) is 1. The molecule has 0 spiro atoms. The second kappa shape index (κ2) is 6.32. The minimum absolute atomic E-state index is 0.113. The minimum Gasteiger partial charge on any atom is -0.392 e. The van der Waals surface area contributed by atoms with Gasteiger partial charge in [0.15, 0.2) is 0 Å². The molecule has 0 saturated heterocycles. The molecule has 5 heteroatoms. The summed E-state index contributed by atoms with van der Waals surface area (Å²) in [6, 6.07) is 12.5. The monoisotopic (exact) mass is 383 g/mol. The Hall–Kier alpha value is -1.17. The number of rotatable bonds is 3. The van der Waals surface area contributed by atoms with Crippen LogP contribution in [0.3, 0.4) is 0 Å². The summed E-state index contributed by atoms with van der Waals surface area (Å²) >= 11 is 6.70. The molecule has 0 atom stereocenters. The molecule has 0 heterocycles. The van der Waals surface area contributed by atoms with Crippen molar-refractivity contribution in [2.24, 2.45) is 0 Å². The highest BCUT2D eigenvalue weighted by molar-refractivity contribution is 9.11. The van der Waals surface area contributed by atoms with Crippen molar-refractivity contribution in [1.82, 2.24) is 0 Å². The van der Waals surface area contributed by atoms with Crippen LogP contribution in [0.4, 0.5) is 5.69 Å². The molecule has 19 heavy (non-hydrogen) atoms. The van der Waals surface area contributed by atoms with E-state index in [1.54, 1.807) is 24.3 Å². The van der Waals surface area contributed by atoms with Gasteiger partial charge in [0.1, 0.15) is 0 Å². The van der Waals surface area contributed by atoms with E-state index in [2.05, 4.69) is 37.2 Å². The Bertz CT molecular complexity index is 614. The fourth-order valence-corrected chi connectivity index (χ4v) is 2.87. The first-order valence-electron chi connectivity index (χ1n) is 5.57. The Balaban J connectivity index is 2.26. The van der Waals surface area contributed by atoms with Gasteiger partial charge in [-0.25, -0.2) is 0 Å². The largest absolute Gasteiger partial charge is 0.392 e. The first-order chi connectivity index (χ1) is 9.11. The van der Waals surface area contributed by atoms with Crippen molar-refractivity contribution in [1.29, 1.82) is 0 Å². The summed E-state index contributed by atoms with van der Waals surface area (Å²) in [7, 11) is 0. The van der Waals surface area contributed by atoms with Crippen molar-refractivity contribution in [2.45, 2.75) is 6.61 Å². The van der Waals surface area contributed by atoms with Crippen LogP contribution < -0.4 is 5.32 Å². The summed E-state index contributed by atoms with van der Waals surface area (Å²) in [5, 5.41) is 12.0. The molecular weight excluding hydrogens is 374 g/mol. The standard InChI is InChI=1S/C14H11Br2NO2/c15-10-5-6-11(12(16)7-10)14(19)17-13-4-2-1-3-9(13)8-18/h1-7,18H,8H2,(H,17,19). The normalized spacial score (nSPS) is 10.3. The Morgan fingerprint density at radius 1 is 1.16 bits per heavy atom. The van der Waals surface area contributed by atoms with Crippen LogP contribution in [-0.4, -0.2) is 11.0 Å². The lowest BCUT2D eigenvalue weighted by atomic mass is 10.1. The van der Waals surface area contributed by atoms with Crippen molar-refractivity contribution in [3.8, 4) is 0 Å². The lowest BCUT2D eigenvalue weighted by Crippen LogP contribution is -2.13. The zero-order chi connectivity index (χ0) is 13.8. The van der Waals surface area contributed by atoms with Gasteiger partial charge in [-0.05, 0) is 40.2 Å². The van der Waals surface area contributed by atoms with E-state index in [1.807, 2.05) is 18.2 Å². The van der Waals surface area contributed by atoms with Gasteiger partial charge in [0.05, 0.1) is 12.2 Å². The number of carbonyl (C=O) groups is 1. The van der Waals surface area contributed by atoms with Crippen LogP contribution >= 0.6 is 31.9 Å². The van der Waals surface area contributed by atoms with Crippen molar-refractivity contribution in [3.05, 3.63) is 62.5 Å². The van der Waals surface area contributed by atoms with E-state index in [0.717, 1.165) is 4.47 Å². The summed E-state index contributed by atoms with van der Waals surface area (Å²) in [6.07, 6.45) is 0. The molecule has 98 valence electrons. The molecule has 2 aromatic carbocycles. The third kappa shape index (κ3) is 3.43. The highest BCUT2D eigenvalue weighted by Crippen LogP contribution is 2.23. The molecule has 0 aromatic heterocycles. The zero-order valence-electron chi connectivity index (χ0n) is 9.86. The Morgan fingerprint density at radius 2 is 1.89 bits per heavy atom. The van der Waals surface area contributed by atoms with Crippen LogP contribution in [-0.2, 0) is 6.61 Å². The number of aliphatic hydroxyl groups is 1. The fourth-order valence-electron chi connectivity index (χ4n) is 1.64. The van der Waals surface area contributed by atoms with Crippen LogP contribution in [0.15, 0.2) is 51.4 Å². The third-order valence-corrected chi connectivity index (χ3v) is 3.76. The highest BCUT2D eigenvalue weighted by Gasteiger charge is 2.12. The molecule has 3 nitrogen and oxygen atoms in total. The number of amides is 1. The van der Waals surface area contributed by atoms with Crippen molar-refractivity contribution in [3.63, 3.8) is 0 Å². The molecule has 0 fully saturated rings. The topological polar surface area (TPSA) is 49.3 Å². The number of hydrogen-bond acceptors (Lipinski definition) is 2. The lowest BCUT2D eigenvalue weighted by Gasteiger charge is -2.10. The predicted octanol–water partition coefficient (Wildman–Crippen LogP) is 3.96. The van der Waals surface area contributed by atoms with Gasteiger partial charge in [-0.1, -0.05) is 34.1 Å². The number of para-hydroxylation sites is 1. The molecule has 2 N–H and O–H groups in total. The second-order valence-corrected chi connectivity index (χ2v) is 5.66. The van der Waals surface area contributed by atoms with Gasteiger partial charge in [-0.15, -0.1) is 0 Å². The van der Waals surface area contributed by atoms with Crippen LogP contribution in [0.1, 0.15) is 15.9 Å². The van der Waals surface area contributed by atoms with Crippen molar-refractivity contribution < 1.29 is 9.90 Å². The molecule has 1 amide bonds. The van der Waals surface area contributed by atoms with Crippen LogP contribution in [0.25, 0.3) is 0 Å². The number of anilines is 1. The third-order valence-electron chi connectivity index (χ3n) is 2.61. The quantitative estimate of drug-likeness (QED) is 0.841. The molecule has 0 saturated carbocycles. The number of benzene rings is 2. The van der Waals surface area contributed by atoms with Crippen molar-refractivity contribution in [2.75, 3.05) is 5.32 Å². The number of carbonyl (C=O) groups excluding carboxylic acids is 1. The Labute approximate surface area is 127 Å². The maximum absolute atomic E-state index is 12.2. The summed E-state index contributed by atoms with van der Waals surface area (Å²) in [5.41, 5.74) is 1.84. The maximum atomic E-state index is 12.2. The summed E-state index contributed by atoms with van der Waals surface area (Å²) in [6.45, 7) is -0.113. The van der Waals surface area contributed by atoms with E-state index in [0.29, 0.717) is 21.3 Å². The first kappa shape index (κ1) is 14.2. The van der Waals surface area contributed by atoms with Gasteiger partial charge in [-0.3, -0.25) is 4.79 Å². The number of aliphatic hydroxyl groups excluding tert-OH is 1. The molecule has 2 aromatic rings. The SMILES string of the molecule is O=C(Nc1ccccc1CO)c1ccc(Br)cc1Br. The van der Waals surface area contributed by atoms with Crippen LogP contribution in [0, 0.1) is 0 Å². The Morgan fingerprint density at radius 3 is 2.58 bits per heavy atom. The van der Waals surface area contributed by atoms with E-state index in [1.165, 1.54) is 0 Å². The van der Waals surface area contributed by atoms with Crippen LogP contribution in [0.2, 0.25) is 0 Å². The summed E-state index contributed by atoms with van der Waals surface area (Å²) < 4.78 is 1.60. The minimum atomic E-state index is -0.222. The van der Waals surface area contributed by atoms with E-state index < -0.39 is 0 Å². The van der Waals surface area contributed by atoms with Gasteiger partial charge >= 0.3 is 0 Å². The van der Waals surface area contributed by atoms with E-state index in [9.17, 15) is 9.90 Å². The molecule has 0 aliphatic rings. The lowest BCUT2D eigenvalue weighted by molar-refractivity contribution is 0.102. The van der Waals surface area contributed by atoms with Gasteiger partial charge in [0.2, 0.25) is 0 Å². The molecule has 0 radical (unpaired) electrons. The molecule has 0 unspecified atom stereocenters. The molecular formula is C14H11Br2NO2. The number of hydrogen-bond donors (Lipinski definition) is 2. The average Bonchev–Trinajstić information content (AvgIpc) is 2.39. The van der Waals surface area contributed by atoms with Gasteiger partial charge in [0.25, 0.3) is 5.91 Å². The zero-order valence-corrected chi connectivity index (χ0v) is 13.0. The first-order valence-corrected chi connectivity index (χ1v) is 7.15. The van der Waals surface area contributed by atoms with Gasteiger partial charge in [0, 0.05) is 20.2 Å². The summed E-state index contributed by atoms with van der Waals surface area (Å²) in [4.78, 5) is 12.2. The highest BCUT2D eigenvalue weighted by atomic mass is 79.9. The smallest absolute Gasteiger partial charge is 0.256 e. The number of halogens is 2. The second-order valence-electron chi connectivity index (χ2n) is 3.89. The molecule has 2 rings (SSSR count). The van der Waals surface area contributed by atoms with Gasteiger partial charge < -0.3 is 10.4 Å². The summed E-state index contributed by atoms with van der Waals surface area (Å²) in [5.74, 6) is -0.222.